The van der Waals surface area contributed by atoms with Crippen molar-refractivity contribution in [1.29, 1.82) is 0 Å². The van der Waals surface area contributed by atoms with Crippen LogP contribution in [0.4, 0.5) is 0 Å². The predicted octanol–water partition coefficient (Wildman–Crippen LogP) is 3.10. The first-order valence-electron chi connectivity index (χ1n) is 8.60. The van der Waals surface area contributed by atoms with Gasteiger partial charge in [-0.1, -0.05) is 11.6 Å². The molecule has 0 aliphatic carbocycles. The van der Waals surface area contributed by atoms with E-state index in [2.05, 4.69) is 4.90 Å². The Morgan fingerprint density at radius 3 is 3.00 bits per heavy atom. The molecule has 2 fully saturated rings. The van der Waals surface area contributed by atoms with Crippen LogP contribution < -0.4 is 4.74 Å². The van der Waals surface area contributed by atoms with E-state index < -0.39 is 0 Å². The summed E-state index contributed by atoms with van der Waals surface area (Å²) >= 11 is 6.18. The summed E-state index contributed by atoms with van der Waals surface area (Å²) in [5, 5.41) is 10.1. The summed E-state index contributed by atoms with van der Waals surface area (Å²) in [5.41, 5.74) is 1.12. The number of hydrogen-bond acceptors (Lipinski definition) is 4. The maximum atomic E-state index is 9.39. The van der Waals surface area contributed by atoms with Gasteiger partial charge in [-0.15, -0.1) is 0 Å². The third-order valence-electron chi connectivity index (χ3n) is 4.73. The largest absolute Gasteiger partial charge is 0.491 e. The van der Waals surface area contributed by atoms with Crippen molar-refractivity contribution in [3.05, 3.63) is 28.8 Å². The van der Waals surface area contributed by atoms with Crippen LogP contribution in [0.5, 0.6) is 5.75 Å². The van der Waals surface area contributed by atoms with Crippen molar-refractivity contribution in [2.75, 3.05) is 32.9 Å². The minimum Gasteiger partial charge on any atom is -0.491 e. The Bertz CT molecular complexity index is 505. The van der Waals surface area contributed by atoms with Gasteiger partial charge in [0.15, 0.2) is 0 Å². The zero-order chi connectivity index (χ0) is 16.1. The minimum absolute atomic E-state index is 0.215. The van der Waals surface area contributed by atoms with Crippen LogP contribution in [0.1, 0.15) is 31.2 Å². The van der Waals surface area contributed by atoms with Gasteiger partial charge in [-0.3, -0.25) is 4.90 Å². The first-order chi connectivity index (χ1) is 11.2. The van der Waals surface area contributed by atoms with Crippen molar-refractivity contribution in [2.24, 2.45) is 5.92 Å². The zero-order valence-corrected chi connectivity index (χ0v) is 14.3. The van der Waals surface area contributed by atoms with E-state index in [1.807, 2.05) is 18.2 Å². The lowest BCUT2D eigenvalue weighted by Gasteiger charge is -2.32. The van der Waals surface area contributed by atoms with Crippen LogP contribution in [-0.2, 0) is 11.3 Å². The Labute approximate surface area is 143 Å². The van der Waals surface area contributed by atoms with Crippen molar-refractivity contribution < 1.29 is 14.6 Å². The van der Waals surface area contributed by atoms with E-state index in [0.717, 1.165) is 68.3 Å². The minimum atomic E-state index is 0.215. The molecule has 23 heavy (non-hydrogen) atoms. The fraction of sp³-hybridized carbons (Fsp3) is 0.667. The van der Waals surface area contributed by atoms with Crippen molar-refractivity contribution in [3.8, 4) is 5.75 Å². The van der Waals surface area contributed by atoms with Crippen LogP contribution in [0.2, 0.25) is 5.02 Å². The maximum Gasteiger partial charge on any atom is 0.124 e. The molecule has 5 heteroatoms. The van der Waals surface area contributed by atoms with Gasteiger partial charge in [-0.2, -0.15) is 0 Å². The Balaban J connectivity index is 1.63. The van der Waals surface area contributed by atoms with Crippen molar-refractivity contribution in [2.45, 2.75) is 38.3 Å². The van der Waals surface area contributed by atoms with Crippen LogP contribution in [0.25, 0.3) is 0 Å². The number of nitrogens with zero attached hydrogens (tertiary/aromatic N) is 1. The number of likely N-dealkylation sites (tertiary alicyclic amines) is 1. The number of aliphatic hydroxyl groups excluding tert-OH is 1. The maximum absolute atomic E-state index is 9.39. The van der Waals surface area contributed by atoms with Crippen LogP contribution in [0.3, 0.4) is 0 Å². The van der Waals surface area contributed by atoms with Crippen LogP contribution in [0, 0.1) is 5.92 Å². The first kappa shape index (κ1) is 17.0. The summed E-state index contributed by atoms with van der Waals surface area (Å²) in [7, 11) is 0. The SMILES string of the molecule is OCC1CCCN(Cc2cc(Cl)ccc2OCC2CCCO2)C1. The molecule has 0 amide bonds. The van der Waals surface area contributed by atoms with E-state index in [0.29, 0.717) is 12.5 Å². The van der Waals surface area contributed by atoms with E-state index in [-0.39, 0.29) is 12.7 Å². The van der Waals surface area contributed by atoms with E-state index in [1.54, 1.807) is 0 Å². The first-order valence-corrected chi connectivity index (χ1v) is 8.98. The van der Waals surface area contributed by atoms with Gasteiger partial charge in [0.2, 0.25) is 0 Å². The molecule has 4 nitrogen and oxygen atoms in total. The molecule has 2 unspecified atom stereocenters. The molecule has 2 atom stereocenters. The number of ether oxygens (including phenoxy) is 2. The molecule has 0 radical (unpaired) electrons. The van der Waals surface area contributed by atoms with Crippen molar-refractivity contribution >= 4 is 11.6 Å². The summed E-state index contributed by atoms with van der Waals surface area (Å²) < 4.78 is 11.6. The molecule has 2 heterocycles. The molecule has 2 aliphatic heterocycles. The average Bonchev–Trinajstić information content (AvgIpc) is 3.08. The summed E-state index contributed by atoms with van der Waals surface area (Å²) in [5.74, 6) is 1.29. The standard InChI is InChI=1S/C18H26ClNO3/c19-16-5-6-18(23-13-17-4-2-8-22-17)15(9-16)11-20-7-1-3-14(10-20)12-21/h5-6,9,14,17,21H,1-4,7-8,10-13H2. The predicted molar refractivity (Wildman–Crippen MR) is 91.0 cm³/mol. The second-order valence-corrected chi connectivity index (χ2v) is 7.06. The van der Waals surface area contributed by atoms with Crippen LogP contribution in [-0.4, -0.2) is 49.0 Å². The fourth-order valence-corrected chi connectivity index (χ4v) is 3.65. The van der Waals surface area contributed by atoms with Gasteiger partial charge in [0.1, 0.15) is 12.4 Å². The number of benzene rings is 1. The van der Waals surface area contributed by atoms with Gasteiger partial charge < -0.3 is 14.6 Å². The summed E-state index contributed by atoms with van der Waals surface area (Å²) in [6, 6.07) is 5.83. The second-order valence-electron chi connectivity index (χ2n) is 6.62. The van der Waals surface area contributed by atoms with Gasteiger partial charge >= 0.3 is 0 Å². The van der Waals surface area contributed by atoms with Crippen LogP contribution >= 0.6 is 11.6 Å². The molecule has 128 valence electrons. The molecule has 0 saturated carbocycles. The van der Waals surface area contributed by atoms with Gasteiger partial charge in [0.05, 0.1) is 6.10 Å². The van der Waals surface area contributed by atoms with E-state index in [1.165, 1.54) is 0 Å². The monoisotopic (exact) mass is 339 g/mol. The topological polar surface area (TPSA) is 41.9 Å². The smallest absolute Gasteiger partial charge is 0.124 e. The fourth-order valence-electron chi connectivity index (χ4n) is 3.46. The second kappa shape index (κ2) is 8.34. The molecular weight excluding hydrogens is 314 g/mol. The lowest BCUT2D eigenvalue weighted by Crippen LogP contribution is -2.36. The normalized spacial score (nSPS) is 25.7. The number of halogens is 1. The number of rotatable bonds is 6. The van der Waals surface area contributed by atoms with E-state index in [4.69, 9.17) is 21.1 Å². The van der Waals surface area contributed by atoms with Gasteiger partial charge in [0, 0.05) is 36.9 Å². The highest BCUT2D eigenvalue weighted by Gasteiger charge is 2.21. The molecule has 0 aromatic heterocycles. The Hall–Kier alpha value is -0.810. The molecule has 3 rings (SSSR count). The third-order valence-corrected chi connectivity index (χ3v) is 4.96. The third kappa shape index (κ3) is 4.83. The van der Waals surface area contributed by atoms with Gasteiger partial charge in [-0.25, -0.2) is 0 Å². The number of piperidine rings is 1. The van der Waals surface area contributed by atoms with E-state index in [9.17, 15) is 5.11 Å². The lowest BCUT2D eigenvalue weighted by molar-refractivity contribution is 0.0668. The Morgan fingerprint density at radius 1 is 1.30 bits per heavy atom. The highest BCUT2D eigenvalue weighted by molar-refractivity contribution is 6.30. The molecule has 2 saturated heterocycles. The van der Waals surface area contributed by atoms with E-state index >= 15 is 0 Å². The molecular formula is C18H26ClNO3. The Kier molecular flexibility index (Phi) is 6.17. The van der Waals surface area contributed by atoms with Crippen molar-refractivity contribution in [3.63, 3.8) is 0 Å². The quantitative estimate of drug-likeness (QED) is 0.864. The number of aliphatic hydroxyl groups is 1. The highest BCUT2D eigenvalue weighted by atomic mass is 35.5. The molecule has 0 spiro atoms. The van der Waals surface area contributed by atoms with Gasteiger partial charge in [-0.05, 0) is 56.3 Å². The lowest BCUT2D eigenvalue weighted by atomic mass is 9.98. The molecule has 1 aromatic rings. The highest BCUT2D eigenvalue weighted by Crippen LogP contribution is 2.27. The Morgan fingerprint density at radius 2 is 2.22 bits per heavy atom. The average molecular weight is 340 g/mol. The molecule has 1 aromatic carbocycles. The summed E-state index contributed by atoms with van der Waals surface area (Å²) in [6.45, 7) is 4.54. The molecule has 2 aliphatic rings. The zero-order valence-electron chi connectivity index (χ0n) is 13.5. The molecule has 1 N–H and O–H groups in total. The van der Waals surface area contributed by atoms with Crippen LogP contribution in [0.15, 0.2) is 18.2 Å². The molecule has 0 bridgehead atoms. The van der Waals surface area contributed by atoms with Gasteiger partial charge in [0.25, 0.3) is 0 Å². The summed E-state index contributed by atoms with van der Waals surface area (Å²) in [6.07, 6.45) is 4.67. The van der Waals surface area contributed by atoms with Crippen molar-refractivity contribution in [1.82, 2.24) is 4.90 Å². The summed E-state index contributed by atoms with van der Waals surface area (Å²) in [4.78, 5) is 2.38. The number of hydrogen-bond donors (Lipinski definition) is 1.